The number of esters is 2. The minimum absolute atomic E-state index is 0.549. The maximum Gasteiger partial charge on any atom is 0.341 e. The van der Waals surface area contributed by atoms with Gasteiger partial charge in [-0.1, -0.05) is 26.7 Å². The minimum atomic E-state index is -0.990. The molecule has 6 nitrogen and oxygen atoms in total. The molecule has 2 saturated heterocycles. The summed E-state index contributed by atoms with van der Waals surface area (Å²) < 4.78 is 20.8. The second-order valence-electron chi connectivity index (χ2n) is 4.42. The van der Waals surface area contributed by atoms with Crippen LogP contribution in [0.4, 0.5) is 0 Å². The molecule has 2 heterocycles. The van der Waals surface area contributed by atoms with Crippen molar-refractivity contribution in [2.24, 2.45) is 0 Å². The van der Waals surface area contributed by atoms with Crippen molar-refractivity contribution in [1.82, 2.24) is 0 Å². The molecular weight excluding hydrogens is 240 g/mol. The van der Waals surface area contributed by atoms with E-state index in [4.69, 9.17) is 18.9 Å². The molecule has 0 aliphatic carbocycles. The number of carbonyl (C=O) groups excluding carboxylic acids is 2. The van der Waals surface area contributed by atoms with E-state index < -0.39 is 36.7 Å². The number of hydrogen-bond donors (Lipinski definition) is 0. The average molecular weight is 258 g/mol. The zero-order valence-corrected chi connectivity index (χ0v) is 10.6. The molecule has 102 valence electrons. The number of hydrogen-bond acceptors (Lipinski definition) is 6. The van der Waals surface area contributed by atoms with Gasteiger partial charge in [-0.15, -0.1) is 0 Å². The lowest BCUT2D eigenvalue weighted by atomic mass is 10.2. The van der Waals surface area contributed by atoms with E-state index in [1.807, 2.05) is 13.8 Å². The molecule has 2 aliphatic rings. The van der Waals surface area contributed by atoms with Crippen LogP contribution in [0.25, 0.3) is 0 Å². The molecule has 2 aliphatic heterocycles. The second kappa shape index (κ2) is 5.67. The predicted octanol–water partition coefficient (Wildman–Crippen LogP) is 1.12. The SMILES string of the molecule is CCC[C@H]1OC(=O)[C@@H]([C@H]2O[C@@H](CCC)OC2=O)O1. The summed E-state index contributed by atoms with van der Waals surface area (Å²) >= 11 is 0. The minimum Gasteiger partial charge on any atom is -0.434 e. The second-order valence-corrected chi connectivity index (χ2v) is 4.42. The van der Waals surface area contributed by atoms with E-state index >= 15 is 0 Å². The number of carbonyl (C=O) groups is 2. The maximum absolute atomic E-state index is 11.6. The van der Waals surface area contributed by atoms with Crippen LogP contribution in [0.5, 0.6) is 0 Å². The van der Waals surface area contributed by atoms with E-state index in [2.05, 4.69) is 0 Å². The number of cyclic esters (lactones) is 2. The summed E-state index contributed by atoms with van der Waals surface area (Å²) in [7, 11) is 0. The van der Waals surface area contributed by atoms with Gasteiger partial charge in [-0.05, 0) is 0 Å². The number of ether oxygens (including phenoxy) is 4. The fourth-order valence-corrected chi connectivity index (χ4v) is 2.00. The van der Waals surface area contributed by atoms with Crippen LogP contribution in [0.1, 0.15) is 39.5 Å². The highest BCUT2D eigenvalue weighted by molar-refractivity contribution is 5.87. The van der Waals surface area contributed by atoms with Crippen molar-refractivity contribution in [3.63, 3.8) is 0 Å². The van der Waals surface area contributed by atoms with Gasteiger partial charge in [-0.25, -0.2) is 9.59 Å². The van der Waals surface area contributed by atoms with Gasteiger partial charge in [-0.3, -0.25) is 0 Å². The third-order valence-electron chi connectivity index (χ3n) is 2.88. The normalized spacial score (nSPS) is 35.7. The maximum atomic E-state index is 11.6. The van der Waals surface area contributed by atoms with Crippen molar-refractivity contribution in [1.29, 1.82) is 0 Å². The van der Waals surface area contributed by atoms with Crippen LogP contribution in [-0.2, 0) is 28.5 Å². The van der Waals surface area contributed by atoms with E-state index in [0.717, 1.165) is 12.8 Å². The third-order valence-corrected chi connectivity index (χ3v) is 2.88. The summed E-state index contributed by atoms with van der Waals surface area (Å²) in [5, 5.41) is 0. The Bertz CT molecular complexity index is 297. The monoisotopic (exact) mass is 258 g/mol. The highest BCUT2D eigenvalue weighted by Gasteiger charge is 2.50. The first-order valence-electron chi connectivity index (χ1n) is 6.37. The first-order valence-corrected chi connectivity index (χ1v) is 6.37. The van der Waals surface area contributed by atoms with Crippen LogP contribution in [0.3, 0.4) is 0 Å². The highest BCUT2D eigenvalue weighted by Crippen LogP contribution is 2.27. The summed E-state index contributed by atoms with van der Waals surface area (Å²) in [5.41, 5.74) is 0. The van der Waals surface area contributed by atoms with Crippen LogP contribution >= 0.6 is 0 Å². The van der Waals surface area contributed by atoms with Gasteiger partial charge in [-0.2, -0.15) is 0 Å². The summed E-state index contributed by atoms with van der Waals surface area (Å²) in [6.45, 7) is 3.92. The van der Waals surface area contributed by atoms with Crippen LogP contribution in [-0.4, -0.2) is 36.7 Å². The molecule has 0 radical (unpaired) electrons. The van der Waals surface area contributed by atoms with Crippen LogP contribution in [0.15, 0.2) is 0 Å². The smallest absolute Gasteiger partial charge is 0.341 e. The third kappa shape index (κ3) is 2.64. The molecule has 0 saturated carbocycles. The van der Waals surface area contributed by atoms with Gasteiger partial charge >= 0.3 is 11.9 Å². The fraction of sp³-hybridized carbons (Fsp3) is 0.833. The lowest BCUT2D eigenvalue weighted by molar-refractivity contribution is -0.148. The molecule has 2 fully saturated rings. The lowest BCUT2D eigenvalue weighted by Gasteiger charge is -2.11. The van der Waals surface area contributed by atoms with Crippen LogP contribution in [0.2, 0.25) is 0 Å². The molecule has 0 spiro atoms. The average Bonchev–Trinajstić information content (AvgIpc) is 2.83. The largest absolute Gasteiger partial charge is 0.434 e. The summed E-state index contributed by atoms with van der Waals surface area (Å²) in [6.07, 6.45) is -0.238. The van der Waals surface area contributed by atoms with Crippen molar-refractivity contribution in [3.05, 3.63) is 0 Å². The van der Waals surface area contributed by atoms with Crippen molar-refractivity contribution < 1.29 is 28.5 Å². The number of rotatable bonds is 5. The zero-order chi connectivity index (χ0) is 13.1. The molecule has 18 heavy (non-hydrogen) atoms. The summed E-state index contributed by atoms with van der Waals surface area (Å²) in [4.78, 5) is 23.2. The molecule has 0 N–H and O–H groups in total. The lowest BCUT2D eigenvalue weighted by Crippen LogP contribution is -2.37. The Labute approximate surface area is 106 Å². The van der Waals surface area contributed by atoms with Gasteiger partial charge in [0, 0.05) is 12.8 Å². The Morgan fingerprint density at radius 1 is 0.833 bits per heavy atom. The first-order chi connectivity index (χ1) is 8.65. The van der Waals surface area contributed by atoms with Crippen molar-refractivity contribution in [3.8, 4) is 0 Å². The molecule has 0 aromatic carbocycles. The van der Waals surface area contributed by atoms with E-state index in [0.29, 0.717) is 12.8 Å². The Kier molecular flexibility index (Phi) is 4.19. The van der Waals surface area contributed by atoms with Gasteiger partial charge in [0.1, 0.15) is 0 Å². The van der Waals surface area contributed by atoms with Gasteiger partial charge < -0.3 is 18.9 Å². The Morgan fingerprint density at radius 2 is 1.22 bits per heavy atom. The molecule has 0 amide bonds. The summed E-state index contributed by atoms with van der Waals surface area (Å²) in [6, 6.07) is 0. The zero-order valence-electron chi connectivity index (χ0n) is 10.6. The fourth-order valence-electron chi connectivity index (χ4n) is 2.00. The summed E-state index contributed by atoms with van der Waals surface area (Å²) in [5.74, 6) is -1.10. The Balaban J connectivity index is 1.95. The van der Waals surface area contributed by atoms with Gasteiger partial charge in [0.05, 0.1) is 0 Å². The molecule has 0 aromatic heterocycles. The van der Waals surface area contributed by atoms with Crippen LogP contribution in [0, 0.1) is 0 Å². The molecule has 6 heteroatoms. The van der Waals surface area contributed by atoms with Crippen LogP contribution < -0.4 is 0 Å². The first kappa shape index (κ1) is 13.3. The van der Waals surface area contributed by atoms with Gasteiger partial charge in [0.2, 0.25) is 12.6 Å². The van der Waals surface area contributed by atoms with Crippen molar-refractivity contribution >= 4 is 11.9 Å². The molecular formula is C12H18O6. The molecule has 2 rings (SSSR count). The van der Waals surface area contributed by atoms with Gasteiger partial charge in [0.15, 0.2) is 12.2 Å². The van der Waals surface area contributed by atoms with Crippen molar-refractivity contribution in [2.45, 2.75) is 64.3 Å². The Hall–Kier alpha value is -1.14. The van der Waals surface area contributed by atoms with E-state index in [-0.39, 0.29) is 0 Å². The molecule has 0 unspecified atom stereocenters. The topological polar surface area (TPSA) is 71.1 Å². The van der Waals surface area contributed by atoms with E-state index in [1.165, 1.54) is 0 Å². The quantitative estimate of drug-likeness (QED) is 0.688. The van der Waals surface area contributed by atoms with E-state index in [1.54, 1.807) is 0 Å². The molecule has 0 aromatic rings. The van der Waals surface area contributed by atoms with E-state index in [9.17, 15) is 9.59 Å². The highest BCUT2D eigenvalue weighted by atomic mass is 16.8. The predicted molar refractivity (Wildman–Crippen MR) is 59.3 cm³/mol. The van der Waals surface area contributed by atoms with Gasteiger partial charge in [0.25, 0.3) is 0 Å². The Morgan fingerprint density at radius 3 is 1.56 bits per heavy atom. The van der Waals surface area contributed by atoms with Crippen molar-refractivity contribution in [2.75, 3.05) is 0 Å². The standard InChI is InChI=1S/C12H18O6/c1-3-5-7-15-9(11(13)17-7)10-12(14)18-8(16-10)6-4-2/h7-10H,3-6H2,1-2H3/t7-,8-,9-,10-/m1/s1. The molecule has 0 bridgehead atoms. The molecule has 4 atom stereocenters.